The van der Waals surface area contributed by atoms with E-state index < -0.39 is 15.9 Å². The summed E-state index contributed by atoms with van der Waals surface area (Å²) in [4.78, 5) is 14.4. The highest BCUT2D eigenvalue weighted by Crippen LogP contribution is 2.33. The first-order valence-electron chi connectivity index (χ1n) is 8.41. The standard InChI is InChI=1S/C19H23N3O3S/c1-14-8-10-15(11-9-14)26(24,25)21-18(23)12-22-13-19(2,3)20-16-6-4-5-7-17(16)22/h4-11,20H,12-13H2,1-3H3,(H,21,23). The van der Waals surface area contributed by atoms with E-state index in [2.05, 4.69) is 10.0 Å². The van der Waals surface area contributed by atoms with E-state index in [-0.39, 0.29) is 17.0 Å². The molecule has 7 heteroatoms. The van der Waals surface area contributed by atoms with Crippen molar-refractivity contribution in [1.82, 2.24) is 4.72 Å². The zero-order valence-electron chi connectivity index (χ0n) is 15.1. The molecule has 3 rings (SSSR count). The molecule has 0 unspecified atom stereocenters. The molecule has 1 aliphatic heterocycles. The average Bonchev–Trinajstić information content (AvgIpc) is 2.53. The highest BCUT2D eigenvalue weighted by atomic mass is 32.2. The molecule has 0 atom stereocenters. The summed E-state index contributed by atoms with van der Waals surface area (Å²) in [5, 5.41) is 3.43. The van der Waals surface area contributed by atoms with Gasteiger partial charge in [0, 0.05) is 12.1 Å². The van der Waals surface area contributed by atoms with Crippen LogP contribution in [0.5, 0.6) is 0 Å². The fraction of sp³-hybridized carbons (Fsp3) is 0.316. The van der Waals surface area contributed by atoms with E-state index in [1.807, 2.05) is 49.9 Å². The Bertz CT molecular complexity index is 921. The van der Waals surface area contributed by atoms with E-state index in [0.29, 0.717) is 6.54 Å². The van der Waals surface area contributed by atoms with Crippen LogP contribution < -0.4 is 14.9 Å². The zero-order valence-corrected chi connectivity index (χ0v) is 15.9. The number of nitrogens with one attached hydrogen (secondary N) is 2. The summed E-state index contributed by atoms with van der Waals surface area (Å²) in [6.45, 7) is 6.50. The largest absolute Gasteiger partial charge is 0.377 e. The van der Waals surface area contributed by atoms with E-state index in [1.54, 1.807) is 12.1 Å². The number of anilines is 2. The monoisotopic (exact) mass is 373 g/mol. The highest BCUT2D eigenvalue weighted by molar-refractivity contribution is 7.90. The van der Waals surface area contributed by atoms with Gasteiger partial charge in [-0.3, -0.25) is 4.79 Å². The topological polar surface area (TPSA) is 78.5 Å². The third-order valence-electron chi connectivity index (χ3n) is 4.22. The molecule has 26 heavy (non-hydrogen) atoms. The summed E-state index contributed by atoms with van der Waals surface area (Å²) >= 11 is 0. The van der Waals surface area contributed by atoms with Gasteiger partial charge in [-0.15, -0.1) is 0 Å². The first-order valence-corrected chi connectivity index (χ1v) is 9.89. The summed E-state index contributed by atoms with van der Waals surface area (Å²) in [7, 11) is -3.87. The van der Waals surface area contributed by atoms with Crippen molar-refractivity contribution in [3.8, 4) is 0 Å². The molecule has 138 valence electrons. The number of rotatable bonds is 4. The molecule has 6 nitrogen and oxygen atoms in total. The number of carbonyl (C=O) groups is 1. The van der Waals surface area contributed by atoms with Gasteiger partial charge >= 0.3 is 0 Å². The Labute approximate surface area is 154 Å². The van der Waals surface area contributed by atoms with Crippen molar-refractivity contribution in [2.45, 2.75) is 31.2 Å². The molecule has 0 aliphatic carbocycles. The van der Waals surface area contributed by atoms with E-state index in [0.717, 1.165) is 16.9 Å². The van der Waals surface area contributed by atoms with Gasteiger partial charge in [0.2, 0.25) is 0 Å². The molecule has 1 amide bonds. The number of carbonyl (C=O) groups excluding carboxylic acids is 1. The van der Waals surface area contributed by atoms with Crippen LogP contribution in [0.1, 0.15) is 19.4 Å². The molecule has 0 saturated heterocycles. The predicted octanol–water partition coefficient (Wildman–Crippen LogP) is 2.51. The lowest BCUT2D eigenvalue weighted by Crippen LogP contribution is -2.51. The first-order chi connectivity index (χ1) is 12.2. The van der Waals surface area contributed by atoms with Crippen LogP contribution in [-0.4, -0.2) is 33.0 Å². The average molecular weight is 373 g/mol. The maximum absolute atomic E-state index is 12.4. The number of aryl methyl sites for hydroxylation is 1. The van der Waals surface area contributed by atoms with Crippen LogP contribution in [-0.2, 0) is 14.8 Å². The van der Waals surface area contributed by atoms with E-state index in [9.17, 15) is 13.2 Å². The number of para-hydroxylation sites is 2. The summed E-state index contributed by atoms with van der Waals surface area (Å²) in [6, 6.07) is 14.1. The molecule has 0 aromatic heterocycles. The fourth-order valence-corrected chi connectivity index (χ4v) is 4.07. The third kappa shape index (κ3) is 3.99. The van der Waals surface area contributed by atoms with Crippen molar-refractivity contribution < 1.29 is 13.2 Å². The van der Waals surface area contributed by atoms with E-state index >= 15 is 0 Å². The van der Waals surface area contributed by atoms with Gasteiger partial charge < -0.3 is 10.2 Å². The second kappa shape index (κ2) is 6.64. The predicted molar refractivity (Wildman–Crippen MR) is 103 cm³/mol. The van der Waals surface area contributed by atoms with Gasteiger partial charge in [-0.2, -0.15) is 0 Å². The Kier molecular flexibility index (Phi) is 4.66. The molecule has 0 spiro atoms. The summed E-state index contributed by atoms with van der Waals surface area (Å²) in [6.07, 6.45) is 0. The van der Waals surface area contributed by atoms with Gasteiger partial charge in [-0.05, 0) is 45.0 Å². The molecule has 0 bridgehead atoms. The molecule has 0 saturated carbocycles. The summed E-state index contributed by atoms with van der Waals surface area (Å²) in [5.41, 5.74) is 2.53. The summed E-state index contributed by atoms with van der Waals surface area (Å²) in [5.74, 6) is -0.557. The molecule has 2 aromatic rings. The number of benzene rings is 2. The number of hydrogen-bond acceptors (Lipinski definition) is 5. The Hall–Kier alpha value is -2.54. The number of fused-ring (bicyclic) bond motifs is 1. The molecule has 1 heterocycles. The van der Waals surface area contributed by atoms with Crippen LogP contribution in [0, 0.1) is 6.92 Å². The fourth-order valence-electron chi connectivity index (χ4n) is 3.09. The first kappa shape index (κ1) is 18.3. The van der Waals surface area contributed by atoms with Crippen molar-refractivity contribution in [3.63, 3.8) is 0 Å². The van der Waals surface area contributed by atoms with Crippen LogP contribution in [0.3, 0.4) is 0 Å². The molecule has 1 aliphatic rings. The zero-order chi connectivity index (χ0) is 18.9. The van der Waals surface area contributed by atoms with E-state index in [1.165, 1.54) is 12.1 Å². The summed E-state index contributed by atoms with van der Waals surface area (Å²) < 4.78 is 27.0. The Morgan fingerprint density at radius 3 is 2.50 bits per heavy atom. The number of hydrogen-bond donors (Lipinski definition) is 2. The number of nitrogens with zero attached hydrogens (tertiary/aromatic N) is 1. The SMILES string of the molecule is Cc1ccc(S(=O)(=O)NC(=O)CN2CC(C)(C)Nc3ccccc32)cc1. The van der Waals surface area contributed by atoms with Gasteiger partial charge in [0.15, 0.2) is 0 Å². The molecule has 0 radical (unpaired) electrons. The Morgan fingerprint density at radius 2 is 1.81 bits per heavy atom. The van der Waals surface area contributed by atoms with E-state index in [4.69, 9.17) is 0 Å². The quantitative estimate of drug-likeness (QED) is 0.861. The minimum atomic E-state index is -3.87. The minimum Gasteiger partial charge on any atom is -0.377 e. The number of sulfonamides is 1. The Balaban J connectivity index is 1.77. The van der Waals surface area contributed by atoms with Gasteiger partial charge in [0.25, 0.3) is 15.9 Å². The second-order valence-electron chi connectivity index (χ2n) is 7.22. The van der Waals surface area contributed by atoms with Crippen LogP contribution in [0.4, 0.5) is 11.4 Å². The normalized spacial score (nSPS) is 15.7. The lowest BCUT2D eigenvalue weighted by Gasteiger charge is -2.41. The van der Waals surface area contributed by atoms with Gasteiger partial charge in [-0.1, -0.05) is 29.8 Å². The van der Waals surface area contributed by atoms with Crippen LogP contribution in [0.25, 0.3) is 0 Å². The number of amides is 1. The van der Waals surface area contributed by atoms with Gasteiger partial charge in [0.1, 0.15) is 0 Å². The second-order valence-corrected chi connectivity index (χ2v) is 8.91. The third-order valence-corrected chi connectivity index (χ3v) is 5.61. The van der Waals surface area contributed by atoms with Crippen molar-refractivity contribution >= 4 is 27.3 Å². The van der Waals surface area contributed by atoms with Crippen LogP contribution in [0.15, 0.2) is 53.4 Å². The molecule has 0 fully saturated rings. The van der Waals surface area contributed by atoms with Crippen molar-refractivity contribution in [2.24, 2.45) is 0 Å². The van der Waals surface area contributed by atoms with Gasteiger partial charge in [0.05, 0.1) is 22.8 Å². The highest BCUT2D eigenvalue weighted by Gasteiger charge is 2.31. The Morgan fingerprint density at radius 1 is 1.15 bits per heavy atom. The van der Waals surface area contributed by atoms with Crippen molar-refractivity contribution in [2.75, 3.05) is 23.3 Å². The maximum atomic E-state index is 12.4. The molecule has 2 N–H and O–H groups in total. The minimum absolute atomic E-state index is 0.0345. The van der Waals surface area contributed by atoms with Gasteiger partial charge in [-0.25, -0.2) is 13.1 Å². The van der Waals surface area contributed by atoms with Crippen molar-refractivity contribution in [3.05, 3.63) is 54.1 Å². The smallest absolute Gasteiger partial charge is 0.264 e. The van der Waals surface area contributed by atoms with Crippen LogP contribution >= 0.6 is 0 Å². The molecular weight excluding hydrogens is 350 g/mol. The molecule has 2 aromatic carbocycles. The lowest BCUT2D eigenvalue weighted by atomic mass is 9.99. The van der Waals surface area contributed by atoms with Crippen LogP contribution in [0.2, 0.25) is 0 Å². The van der Waals surface area contributed by atoms with Crippen molar-refractivity contribution in [1.29, 1.82) is 0 Å². The maximum Gasteiger partial charge on any atom is 0.264 e. The molecular formula is C19H23N3O3S. The lowest BCUT2D eigenvalue weighted by molar-refractivity contribution is -0.118.